The molecule has 0 saturated carbocycles. The number of rotatable bonds is 5. The third-order valence-electron chi connectivity index (χ3n) is 2.76. The second-order valence-corrected chi connectivity index (χ2v) is 4.09. The van der Waals surface area contributed by atoms with Gasteiger partial charge in [0.15, 0.2) is 0 Å². The van der Waals surface area contributed by atoms with E-state index in [1.54, 1.807) is 0 Å². The Morgan fingerprint density at radius 1 is 1.50 bits per heavy atom. The van der Waals surface area contributed by atoms with Crippen molar-refractivity contribution in [3.63, 3.8) is 0 Å². The molecule has 1 aromatic carbocycles. The molecule has 0 fully saturated rings. The minimum Gasteiger partial charge on any atom is -0.460 e. The Morgan fingerprint density at radius 2 is 2.28 bits per heavy atom. The van der Waals surface area contributed by atoms with Crippen molar-refractivity contribution in [3.8, 4) is 0 Å². The van der Waals surface area contributed by atoms with E-state index < -0.39 is 12.0 Å². The van der Waals surface area contributed by atoms with E-state index in [0.717, 1.165) is 16.5 Å². The van der Waals surface area contributed by atoms with Crippen LogP contribution in [0.15, 0.2) is 43.1 Å². The standard InChI is InChI=1S/C14H16N2O2/c1-2-7-18-14(17)12(15)8-10-9-16-13-6-4-3-5-11(10)13/h2-6,9,12,16H,1,7-8,15H2/t12-/m0/s1. The molecule has 4 nitrogen and oxygen atoms in total. The van der Waals surface area contributed by atoms with Gasteiger partial charge in [-0.05, 0) is 11.6 Å². The molecule has 2 rings (SSSR count). The average Bonchev–Trinajstić information content (AvgIpc) is 2.79. The fourth-order valence-corrected chi connectivity index (χ4v) is 1.87. The topological polar surface area (TPSA) is 68.1 Å². The highest BCUT2D eigenvalue weighted by Crippen LogP contribution is 2.18. The summed E-state index contributed by atoms with van der Waals surface area (Å²) in [6, 6.07) is 7.26. The Kier molecular flexibility index (Phi) is 3.79. The summed E-state index contributed by atoms with van der Waals surface area (Å²) >= 11 is 0. The zero-order valence-corrected chi connectivity index (χ0v) is 10.1. The number of carbonyl (C=O) groups is 1. The summed E-state index contributed by atoms with van der Waals surface area (Å²) in [5.41, 5.74) is 7.88. The molecule has 0 spiro atoms. The number of hydrogen-bond acceptors (Lipinski definition) is 3. The number of para-hydroxylation sites is 1. The number of nitrogens with two attached hydrogens (primary N) is 1. The lowest BCUT2D eigenvalue weighted by Gasteiger charge is -2.09. The number of fused-ring (bicyclic) bond motifs is 1. The minimum absolute atomic E-state index is 0.195. The van der Waals surface area contributed by atoms with Crippen LogP contribution in [-0.4, -0.2) is 23.6 Å². The van der Waals surface area contributed by atoms with E-state index in [9.17, 15) is 4.79 Å². The molecule has 1 atom stereocenters. The molecule has 3 N–H and O–H groups in total. The zero-order valence-electron chi connectivity index (χ0n) is 10.1. The molecule has 0 amide bonds. The third-order valence-corrected chi connectivity index (χ3v) is 2.76. The van der Waals surface area contributed by atoms with Crippen LogP contribution in [0.2, 0.25) is 0 Å². The van der Waals surface area contributed by atoms with Gasteiger partial charge in [0.25, 0.3) is 0 Å². The van der Waals surface area contributed by atoms with Gasteiger partial charge in [-0.15, -0.1) is 0 Å². The lowest BCUT2D eigenvalue weighted by Crippen LogP contribution is -2.34. The van der Waals surface area contributed by atoms with E-state index in [1.165, 1.54) is 6.08 Å². The smallest absolute Gasteiger partial charge is 0.323 e. The number of aromatic amines is 1. The van der Waals surface area contributed by atoms with Crippen LogP contribution in [0.25, 0.3) is 10.9 Å². The van der Waals surface area contributed by atoms with E-state index in [4.69, 9.17) is 10.5 Å². The van der Waals surface area contributed by atoms with Gasteiger partial charge in [-0.3, -0.25) is 4.79 Å². The summed E-state index contributed by atoms with van der Waals surface area (Å²) in [7, 11) is 0. The Bertz CT molecular complexity index is 560. The van der Waals surface area contributed by atoms with Gasteiger partial charge in [0.1, 0.15) is 12.6 Å². The van der Waals surface area contributed by atoms with Crippen LogP contribution < -0.4 is 5.73 Å². The number of nitrogens with one attached hydrogen (secondary N) is 1. The predicted octanol–water partition coefficient (Wildman–Crippen LogP) is 1.77. The molecule has 0 aliphatic carbocycles. The zero-order chi connectivity index (χ0) is 13.0. The molecule has 4 heteroatoms. The van der Waals surface area contributed by atoms with Gasteiger partial charge >= 0.3 is 5.97 Å². The van der Waals surface area contributed by atoms with Gasteiger partial charge in [0.2, 0.25) is 0 Å². The summed E-state index contributed by atoms with van der Waals surface area (Å²) in [5, 5.41) is 1.09. The Morgan fingerprint density at radius 3 is 3.06 bits per heavy atom. The SMILES string of the molecule is C=CCOC(=O)[C@@H](N)Cc1c[nH]c2ccccc12. The molecule has 1 aromatic heterocycles. The van der Waals surface area contributed by atoms with E-state index in [-0.39, 0.29) is 6.61 Å². The molecule has 0 radical (unpaired) electrons. The van der Waals surface area contributed by atoms with Crippen molar-refractivity contribution in [2.24, 2.45) is 5.73 Å². The van der Waals surface area contributed by atoms with Crippen LogP contribution in [0.5, 0.6) is 0 Å². The summed E-state index contributed by atoms with van der Waals surface area (Å²) in [6.07, 6.45) is 3.86. The predicted molar refractivity (Wildman–Crippen MR) is 71.1 cm³/mol. The van der Waals surface area contributed by atoms with E-state index in [0.29, 0.717) is 6.42 Å². The molecule has 0 unspecified atom stereocenters. The number of hydrogen-bond donors (Lipinski definition) is 2. The van der Waals surface area contributed by atoms with Gasteiger partial charge < -0.3 is 15.5 Å². The summed E-state index contributed by atoms with van der Waals surface area (Å²) in [4.78, 5) is 14.7. The van der Waals surface area contributed by atoms with Crippen LogP contribution >= 0.6 is 0 Å². The Labute approximate surface area is 105 Å². The van der Waals surface area contributed by atoms with Crippen molar-refractivity contribution >= 4 is 16.9 Å². The molecule has 94 valence electrons. The van der Waals surface area contributed by atoms with Crippen LogP contribution in [0.1, 0.15) is 5.56 Å². The summed E-state index contributed by atoms with van der Waals surface area (Å²) in [5.74, 6) is -0.403. The first-order valence-electron chi connectivity index (χ1n) is 5.80. The normalized spacial score (nSPS) is 12.3. The van der Waals surface area contributed by atoms with Gasteiger partial charge in [0, 0.05) is 23.5 Å². The van der Waals surface area contributed by atoms with Crippen LogP contribution in [-0.2, 0) is 16.0 Å². The first-order chi connectivity index (χ1) is 8.72. The number of H-pyrrole nitrogens is 1. The first kappa shape index (κ1) is 12.4. The highest BCUT2D eigenvalue weighted by atomic mass is 16.5. The van der Waals surface area contributed by atoms with Crippen LogP contribution in [0.4, 0.5) is 0 Å². The van der Waals surface area contributed by atoms with Gasteiger partial charge in [0.05, 0.1) is 0 Å². The van der Waals surface area contributed by atoms with E-state index >= 15 is 0 Å². The first-order valence-corrected chi connectivity index (χ1v) is 5.80. The van der Waals surface area contributed by atoms with Crippen molar-refractivity contribution in [1.29, 1.82) is 0 Å². The molecule has 0 bridgehead atoms. The molecule has 1 heterocycles. The van der Waals surface area contributed by atoms with Gasteiger partial charge in [-0.2, -0.15) is 0 Å². The molecule has 0 aliphatic rings. The maximum atomic E-state index is 11.6. The molecule has 2 aromatic rings. The van der Waals surface area contributed by atoms with E-state index in [1.807, 2.05) is 30.5 Å². The molecular formula is C14H16N2O2. The molecular weight excluding hydrogens is 228 g/mol. The fourth-order valence-electron chi connectivity index (χ4n) is 1.87. The lowest BCUT2D eigenvalue weighted by molar-refractivity contribution is -0.143. The molecule has 0 saturated heterocycles. The quantitative estimate of drug-likeness (QED) is 0.622. The Balaban J connectivity index is 2.09. The number of benzene rings is 1. The second-order valence-electron chi connectivity index (χ2n) is 4.09. The fraction of sp³-hybridized carbons (Fsp3) is 0.214. The van der Waals surface area contributed by atoms with Crippen molar-refractivity contribution in [2.75, 3.05) is 6.61 Å². The highest BCUT2D eigenvalue weighted by molar-refractivity contribution is 5.84. The van der Waals surface area contributed by atoms with Crippen LogP contribution in [0, 0.1) is 0 Å². The maximum absolute atomic E-state index is 11.6. The number of ether oxygens (including phenoxy) is 1. The molecule has 0 aliphatic heterocycles. The van der Waals surface area contributed by atoms with Gasteiger partial charge in [-0.1, -0.05) is 30.9 Å². The van der Waals surface area contributed by atoms with E-state index in [2.05, 4.69) is 11.6 Å². The summed E-state index contributed by atoms with van der Waals surface area (Å²) in [6.45, 7) is 3.68. The van der Waals surface area contributed by atoms with Crippen molar-refractivity contribution in [2.45, 2.75) is 12.5 Å². The highest BCUT2D eigenvalue weighted by Gasteiger charge is 2.16. The third kappa shape index (κ3) is 2.60. The largest absolute Gasteiger partial charge is 0.460 e. The van der Waals surface area contributed by atoms with Gasteiger partial charge in [-0.25, -0.2) is 0 Å². The maximum Gasteiger partial charge on any atom is 0.323 e. The number of aromatic nitrogens is 1. The Hall–Kier alpha value is -2.07. The number of carbonyl (C=O) groups excluding carboxylic acids is 1. The monoisotopic (exact) mass is 244 g/mol. The average molecular weight is 244 g/mol. The van der Waals surface area contributed by atoms with Crippen molar-refractivity contribution in [1.82, 2.24) is 4.98 Å². The second kappa shape index (κ2) is 5.51. The molecule has 18 heavy (non-hydrogen) atoms. The number of esters is 1. The lowest BCUT2D eigenvalue weighted by atomic mass is 10.1. The summed E-state index contributed by atoms with van der Waals surface area (Å²) < 4.78 is 4.92. The minimum atomic E-state index is -0.649. The van der Waals surface area contributed by atoms with Crippen molar-refractivity contribution < 1.29 is 9.53 Å². The van der Waals surface area contributed by atoms with Crippen LogP contribution in [0.3, 0.4) is 0 Å². The van der Waals surface area contributed by atoms with Crippen molar-refractivity contribution in [3.05, 3.63) is 48.7 Å².